The molecule has 270 valence electrons. The number of allylic oxidation sites excluding steroid dienone is 2. The Hall–Kier alpha value is -2.74. The zero-order valence-corrected chi connectivity index (χ0v) is 27.0. The predicted molar refractivity (Wildman–Crippen MR) is 155 cm³/mol. The van der Waals surface area contributed by atoms with Gasteiger partial charge in [0.25, 0.3) is 0 Å². The zero-order valence-electron chi connectivity index (χ0n) is 26.2. The summed E-state index contributed by atoms with van der Waals surface area (Å²) in [6.45, 7) is 4.48. The molecule has 16 heteroatoms. The van der Waals surface area contributed by atoms with Gasteiger partial charge in [0.2, 0.25) is 0 Å². The fourth-order valence-electron chi connectivity index (χ4n) is 8.79. The Morgan fingerprint density at radius 2 is 1.59 bits per heavy atom. The first-order valence-electron chi connectivity index (χ1n) is 15.6. The van der Waals surface area contributed by atoms with Gasteiger partial charge < -0.3 is 18.8 Å². The summed E-state index contributed by atoms with van der Waals surface area (Å²) in [5.74, 6) is -11.2. The maximum absolute atomic E-state index is 14.3. The van der Waals surface area contributed by atoms with Crippen LogP contribution in [0.15, 0.2) is 48.1 Å². The molecule has 1 spiro atoms. The van der Waals surface area contributed by atoms with Crippen LogP contribution in [0.1, 0.15) is 57.4 Å². The number of aliphatic hydroxyl groups is 1. The lowest BCUT2D eigenvalue weighted by Gasteiger charge is -2.58. The van der Waals surface area contributed by atoms with Crippen molar-refractivity contribution in [3.8, 4) is 17.6 Å². The average Bonchev–Trinajstić information content (AvgIpc) is 3.57. The number of rotatable bonds is 6. The normalized spacial score (nSPS) is 34.4. The van der Waals surface area contributed by atoms with Gasteiger partial charge in [-0.05, 0) is 79.5 Å². The van der Waals surface area contributed by atoms with E-state index in [4.69, 9.17) is 9.47 Å². The maximum atomic E-state index is 14.3. The quantitative estimate of drug-likeness (QED) is 0.143. The fraction of sp³-hybridized carbons (Fsp3) is 0.636. The first-order valence-corrected chi connectivity index (χ1v) is 17.0. The summed E-state index contributed by atoms with van der Waals surface area (Å²) in [4.78, 5) is 0. The molecule has 7 atom stereocenters. The molecule has 3 fully saturated rings. The highest BCUT2D eigenvalue weighted by molar-refractivity contribution is 7.88. The van der Waals surface area contributed by atoms with Crippen LogP contribution in [0.5, 0.6) is 5.75 Å². The van der Waals surface area contributed by atoms with Crippen molar-refractivity contribution in [3.05, 3.63) is 53.6 Å². The minimum absolute atomic E-state index is 0.00780. The molecule has 0 bridgehead atoms. The summed E-state index contributed by atoms with van der Waals surface area (Å²) >= 11 is 0. The van der Waals surface area contributed by atoms with Crippen LogP contribution in [0.25, 0.3) is 0 Å². The molecule has 1 heterocycles. The highest BCUT2D eigenvalue weighted by atomic mass is 32.2. The number of benzene rings is 1. The number of halogens is 9. The second-order valence-electron chi connectivity index (χ2n) is 13.7. The average molecular weight is 729 g/mol. The third-order valence-corrected chi connectivity index (χ3v) is 12.5. The second kappa shape index (κ2) is 11.4. The fourth-order valence-corrected chi connectivity index (χ4v) is 9.70. The number of ether oxygens (including phenoxy) is 2. The first kappa shape index (κ1) is 36.1. The van der Waals surface area contributed by atoms with Crippen molar-refractivity contribution in [2.24, 2.45) is 29.1 Å². The highest BCUT2D eigenvalue weighted by Gasteiger charge is 2.86. The van der Waals surface area contributed by atoms with Crippen molar-refractivity contribution in [2.45, 2.75) is 86.5 Å². The van der Waals surface area contributed by atoms with Gasteiger partial charge in [-0.25, -0.2) is 0 Å². The molecule has 2 saturated carbocycles. The summed E-state index contributed by atoms with van der Waals surface area (Å²) in [6, 6.07) is 4.28. The summed E-state index contributed by atoms with van der Waals surface area (Å²) in [5.41, 5.74) is -0.586. The SMILES string of the molecule is CC#C[C@]1(O)C=C[C@H]2[C@@H]3CC=C4CC5(CC[C@@H]4[C@H]3[C@@H](c3ccc(OS(=O)(=O)C(F)(F)C(F)(F)C(F)(F)C(F)(F)F)cc3)C[C@@]21C)OCCO5. The lowest BCUT2D eigenvalue weighted by Crippen LogP contribution is -2.63. The van der Waals surface area contributed by atoms with Crippen LogP contribution in [0.4, 0.5) is 39.5 Å². The molecular weight excluding hydrogens is 695 g/mol. The molecule has 0 radical (unpaired) electrons. The van der Waals surface area contributed by atoms with E-state index in [-0.39, 0.29) is 29.6 Å². The number of alkyl halides is 9. The second-order valence-corrected chi connectivity index (χ2v) is 15.3. The molecule has 4 aliphatic carbocycles. The number of hydrogen-bond acceptors (Lipinski definition) is 6. The van der Waals surface area contributed by atoms with Crippen LogP contribution >= 0.6 is 0 Å². The van der Waals surface area contributed by atoms with Crippen molar-refractivity contribution < 1.29 is 66.7 Å². The van der Waals surface area contributed by atoms with Gasteiger partial charge in [-0.15, -0.1) is 5.92 Å². The Morgan fingerprint density at radius 1 is 0.959 bits per heavy atom. The lowest BCUT2D eigenvalue weighted by atomic mass is 9.47. The Morgan fingerprint density at radius 3 is 2.18 bits per heavy atom. The molecule has 1 saturated heterocycles. The van der Waals surface area contributed by atoms with Crippen molar-refractivity contribution in [2.75, 3.05) is 13.2 Å². The molecule has 0 amide bonds. The molecule has 1 aromatic rings. The van der Waals surface area contributed by atoms with Crippen LogP contribution in [0.2, 0.25) is 0 Å². The first-order chi connectivity index (χ1) is 22.6. The number of hydrogen-bond donors (Lipinski definition) is 1. The van der Waals surface area contributed by atoms with Crippen molar-refractivity contribution >= 4 is 10.1 Å². The van der Waals surface area contributed by atoms with Gasteiger partial charge in [-0.3, -0.25) is 0 Å². The molecule has 1 N–H and O–H groups in total. The van der Waals surface area contributed by atoms with E-state index in [2.05, 4.69) is 22.1 Å². The zero-order chi connectivity index (χ0) is 36.1. The van der Waals surface area contributed by atoms with E-state index in [1.807, 2.05) is 13.0 Å². The van der Waals surface area contributed by atoms with Gasteiger partial charge in [0.15, 0.2) is 5.79 Å². The van der Waals surface area contributed by atoms with E-state index in [9.17, 15) is 53.0 Å². The van der Waals surface area contributed by atoms with Gasteiger partial charge >= 0.3 is 33.4 Å². The van der Waals surface area contributed by atoms with E-state index >= 15 is 0 Å². The minimum atomic E-state index is -7.41. The van der Waals surface area contributed by atoms with Crippen molar-refractivity contribution in [1.29, 1.82) is 0 Å². The Labute approximate surface area is 276 Å². The van der Waals surface area contributed by atoms with Crippen LogP contribution in [-0.2, 0) is 19.6 Å². The molecule has 6 rings (SSSR count). The van der Waals surface area contributed by atoms with E-state index in [0.717, 1.165) is 17.7 Å². The Balaban J connectivity index is 1.33. The Bertz CT molecular complexity index is 1710. The van der Waals surface area contributed by atoms with Gasteiger partial charge in [0, 0.05) is 18.3 Å². The Kier molecular flexibility index (Phi) is 8.38. The third-order valence-electron chi connectivity index (χ3n) is 11.2. The highest BCUT2D eigenvalue weighted by Crippen LogP contribution is 2.66. The van der Waals surface area contributed by atoms with Crippen molar-refractivity contribution in [3.63, 3.8) is 0 Å². The van der Waals surface area contributed by atoms with Gasteiger partial charge in [-0.2, -0.15) is 47.9 Å². The van der Waals surface area contributed by atoms with Crippen molar-refractivity contribution in [1.82, 2.24) is 0 Å². The molecule has 1 aromatic carbocycles. The monoisotopic (exact) mass is 728 g/mol. The third kappa shape index (κ3) is 5.23. The largest absolute Gasteiger partial charge is 0.460 e. The van der Waals surface area contributed by atoms with E-state index in [1.54, 1.807) is 13.0 Å². The summed E-state index contributed by atoms with van der Waals surface area (Å²) in [7, 11) is -7.09. The van der Waals surface area contributed by atoms with E-state index < -0.39 is 55.9 Å². The topological polar surface area (TPSA) is 82.1 Å². The molecule has 0 aromatic heterocycles. The minimum Gasteiger partial charge on any atom is -0.378 e. The predicted octanol–water partition coefficient (Wildman–Crippen LogP) is 7.36. The molecular formula is C33H33F9O6S. The van der Waals surface area contributed by atoms with Crippen LogP contribution in [-0.4, -0.2) is 61.4 Å². The van der Waals surface area contributed by atoms with Gasteiger partial charge in [-0.1, -0.05) is 42.7 Å². The lowest BCUT2D eigenvalue weighted by molar-refractivity contribution is -0.382. The smallest absolute Gasteiger partial charge is 0.378 e. The van der Waals surface area contributed by atoms with Crippen LogP contribution < -0.4 is 4.18 Å². The van der Waals surface area contributed by atoms with Crippen LogP contribution in [0.3, 0.4) is 0 Å². The van der Waals surface area contributed by atoms with Gasteiger partial charge in [0.05, 0.1) is 13.2 Å². The molecule has 1 aliphatic heterocycles. The van der Waals surface area contributed by atoms with E-state index in [0.29, 0.717) is 50.9 Å². The van der Waals surface area contributed by atoms with Gasteiger partial charge in [0.1, 0.15) is 11.4 Å². The summed E-state index contributed by atoms with van der Waals surface area (Å²) in [5, 5.41) is 4.76. The summed E-state index contributed by atoms with van der Waals surface area (Å²) in [6.07, 6.45) is 1.60. The molecule has 6 nitrogen and oxygen atoms in total. The van der Waals surface area contributed by atoms with Crippen LogP contribution in [0, 0.1) is 40.9 Å². The summed E-state index contributed by atoms with van der Waals surface area (Å²) < 4.78 is 161. The standard InChI is InChI=1S/C33H33F9O6S/c1-3-12-28(43)13-11-25-23-9-6-20-17-29(46-15-16-47-29)14-10-22(20)26(23)24(18-27(25,28)2)19-4-7-21(8-5-19)48-49(44,45)33(41,42)31(36,37)30(34,35)32(38,39)40/h4-8,11,13,22-26,43H,9-10,14-18H2,1-2H3/t22-,23-,24+,25-,26+,27-,28-/m0/s1. The van der Waals surface area contributed by atoms with E-state index in [1.165, 1.54) is 12.1 Å². The number of fused-ring (bicyclic) bond motifs is 5. The maximum Gasteiger partial charge on any atom is 0.460 e. The molecule has 5 aliphatic rings. The molecule has 49 heavy (non-hydrogen) atoms. The molecule has 0 unspecified atom stereocenters.